The minimum Gasteiger partial charge on any atom is -0.405 e. The standard InChI is InChI=1S/C12H24B2O4.C5H10/c1-9(2)10(3,4)16-13(15-9)14-17-11(5,6)12(7,8)18-14;1-2-4-5-3-1/h1-8H3;1-5H2. The summed E-state index contributed by atoms with van der Waals surface area (Å²) in [6.07, 6.45) is 7.50. The molecule has 1 saturated carbocycles. The molecule has 0 aromatic rings. The first-order chi connectivity index (χ1) is 10.4. The van der Waals surface area contributed by atoms with Crippen LogP contribution in [0.3, 0.4) is 0 Å². The van der Waals surface area contributed by atoms with Gasteiger partial charge in [0.1, 0.15) is 0 Å². The third-order valence-corrected chi connectivity index (χ3v) is 6.02. The lowest BCUT2D eigenvalue weighted by Crippen LogP contribution is -2.41. The molecular formula is C17H34B2O4. The summed E-state index contributed by atoms with van der Waals surface area (Å²) in [5.74, 6) is 0. The van der Waals surface area contributed by atoms with Crippen molar-refractivity contribution in [2.75, 3.05) is 0 Å². The van der Waals surface area contributed by atoms with Crippen LogP contribution in [0.25, 0.3) is 0 Å². The molecule has 2 saturated heterocycles. The molecule has 6 heteroatoms. The van der Waals surface area contributed by atoms with Crippen LogP contribution in [-0.4, -0.2) is 36.4 Å². The third-order valence-electron chi connectivity index (χ3n) is 6.02. The zero-order valence-corrected chi connectivity index (χ0v) is 16.3. The molecule has 0 spiro atoms. The van der Waals surface area contributed by atoms with Gasteiger partial charge in [-0.15, -0.1) is 0 Å². The second kappa shape index (κ2) is 6.36. The lowest BCUT2D eigenvalue weighted by Gasteiger charge is -2.32. The van der Waals surface area contributed by atoms with Crippen molar-refractivity contribution >= 4 is 14.0 Å². The number of rotatable bonds is 1. The Kier molecular flexibility index (Phi) is 5.34. The smallest absolute Gasteiger partial charge is 0.405 e. The molecule has 1 aliphatic carbocycles. The highest BCUT2D eigenvalue weighted by atomic mass is 16.7. The van der Waals surface area contributed by atoms with E-state index in [9.17, 15) is 0 Å². The van der Waals surface area contributed by atoms with E-state index in [4.69, 9.17) is 18.6 Å². The van der Waals surface area contributed by atoms with Crippen molar-refractivity contribution in [2.24, 2.45) is 0 Å². The van der Waals surface area contributed by atoms with Gasteiger partial charge in [-0.25, -0.2) is 0 Å². The predicted molar refractivity (Wildman–Crippen MR) is 95.2 cm³/mol. The van der Waals surface area contributed by atoms with Crippen molar-refractivity contribution in [3.8, 4) is 0 Å². The molecule has 0 bridgehead atoms. The Morgan fingerprint density at radius 1 is 0.435 bits per heavy atom. The largest absolute Gasteiger partial charge is 0.488 e. The van der Waals surface area contributed by atoms with Gasteiger partial charge < -0.3 is 18.6 Å². The maximum atomic E-state index is 5.96. The first kappa shape index (κ1) is 19.3. The summed E-state index contributed by atoms with van der Waals surface area (Å²) in [5.41, 5.74) is -1.44. The van der Waals surface area contributed by atoms with Crippen molar-refractivity contribution in [2.45, 2.75) is 110 Å². The molecule has 0 unspecified atom stereocenters. The van der Waals surface area contributed by atoms with Gasteiger partial charge in [0.15, 0.2) is 0 Å². The normalized spacial score (nSPS) is 30.3. The summed E-state index contributed by atoms with van der Waals surface area (Å²) in [4.78, 5) is 0. The Morgan fingerprint density at radius 2 is 0.609 bits per heavy atom. The van der Waals surface area contributed by atoms with Crippen LogP contribution in [-0.2, 0) is 18.6 Å². The third kappa shape index (κ3) is 3.97. The summed E-state index contributed by atoms with van der Waals surface area (Å²) < 4.78 is 23.8. The molecule has 23 heavy (non-hydrogen) atoms. The van der Waals surface area contributed by atoms with Crippen LogP contribution in [0.4, 0.5) is 0 Å². The molecule has 2 aliphatic heterocycles. The van der Waals surface area contributed by atoms with Crippen molar-refractivity contribution in [1.29, 1.82) is 0 Å². The van der Waals surface area contributed by atoms with E-state index < -0.39 is 14.0 Å². The van der Waals surface area contributed by atoms with Gasteiger partial charge in [0.05, 0.1) is 22.4 Å². The molecule has 2 heterocycles. The van der Waals surface area contributed by atoms with Crippen LogP contribution < -0.4 is 0 Å². The Balaban J connectivity index is 0.000000326. The zero-order chi connectivity index (χ0) is 17.5. The zero-order valence-electron chi connectivity index (χ0n) is 16.3. The molecule has 0 N–H and O–H groups in total. The average molecular weight is 324 g/mol. The van der Waals surface area contributed by atoms with Gasteiger partial charge in [0, 0.05) is 0 Å². The van der Waals surface area contributed by atoms with Gasteiger partial charge in [-0.2, -0.15) is 0 Å². The molecule has 3 fully saturated rings. The number of hydrogen-bond acceptors (Lipinski definition) is 4. The molecule has 0 aromatic heterocycles. The maximum Gasteiger partial charge on any atom is 0.488 e. The highest BCUT2D eigenvalue weighted by molar-refractivity contribution is 7.11. The van der Waals surface area contributed by atoms with E-state index in [1.807, 2.05) is 55.4 Å². The first-order valence-corrected chi connectivity index (χ1v) is 9.09. The van der Waals surface area contributed by atoms with E-state index in [2.05, 4.69) is 0 Å². The topological polar surface area (TPSA) is 36.9 Å². The van der Waals surface area contributed by atoms with Gasteiger partial charge in [0.2, 0.25) is 0 Å². The van der Waals surface area contributed by atoms with Gasteiger partial charge in [-0.1, -0.05) is 32.1 Å². The second-order valence-electron chi connectivity index (χ2n) is 9.02. The molecule has 0 atom stereocenters. The van der Waals surface area contributed by atoms with E-state index in [0.717, 1.165) is 0 Å². The molecule has 0 radical (unpaired) electrons. The quantitative estimate of drug-likeness (QED) is 0.678. The summed E-state index contributed by atoms with van der Waals surface area (Å²) in [7, 11) is -0.952. The highest BCUT2D eigenvalue weighted by Crippen LogP contribution is 2.42. The van der Waals surface area contributed by atoms with Gasteiger partial charge >= 0.3 is 14.0 Å². The van der Waals surface area contributed by atoms with E-state index >= 15 is 0 Å². The van der Waals surface area contributed by atoms with Crippen molar-refractivity contribution in [3.05, 3.63) is 0 Å². The Morgan fingerprint density at radius 3 is 0.783 bits per heavy atom. The van der Waals surface area contributed by atoms with Crippen molar-refractivity contribution in [3.63, 3.8) is 0 Å². The van der Waals surface area contributed by atoms with Gasteiger partial charge in [-0.05, 0) is 55.4 Å². The van der Waals surface area contributed by atoms with Crippen LogP contribution in [0.15, 0.2) is 0 Å². The monoisotopic (exact) mass is 324 g/mol. The SMILES string of the molecule is C1CCCC1.CC1(C)OB(B2OC(C)(C)C(C)(C)O2)OC1(C)C. The predicted octanol–water partition coefficient (Wildman–Crippen LogP) is 4.20. The fourth-order valence-electron chi connectivity index (χ4n) is 2.88. The average Bonchev–Trinajstić information content (AvgIpc) is 3.03. The summed E-state index contributed by atoms with van der Waals surface area (Å²) in [6.45, 7) is 16.2. The second-order valence-corrected chi connectivity index (χ2v) is 9.02. The molecule has 132 valence electrons. The summed E-state index contributed by atoms with van der Waals surface area (Å²) in [6, 6.07) is 0. The summed E-state index contributed by atoms with van der Waals surface area (Å²) in [5, 5.41) is 0. The fourth-order valence-corrected chi connectivity index (χ4v) is 2.88. The molecule has 0 aromatic carbocycles. The van der Waals surface area contributed by atoms with E-state index in [-0.39, 0.29) is 22.4 Å². The lowest BCUT2D eigenvalue weighted by atomic mass is 9.49. The van der Waals surface area contributed by atoms with Crippen LogP contribution in [0.1, 0.15) is 87.5 Å². The Labute approximate surface area is 143 Å². The van der Waals surface area contributed by atoms with E-state index in [0.29, 0.717) is 0 Å². The minimum atomic E-state index is -0.476. The molecule has 3 rings (SSSR count). The molecule has 0 amide bonds. The first-order valence-electron chi connectivity index (χ1n) is 9.09. The Bertz CT molecular complexity index is 343. The maximum absolute atomic E-state index is 5.96. The fraction of sp³-hybridized carbons (Fsp3) is 1.00. The molecule has 4 nitrogen and oxygen atoms in total. The van der Waals surface area contributed by atoms with Crippen LogP contribution in [0, 0.1) is 0 Å². The lowest BCUT2D eigenvalue weighted by molar-refractivity contribution is 0.00578. The van der Waals surface area contributed by atoms with Crippen LogP contribution >= 0.6 is 0 Å². The minimum absolute atomic E-state index is 0.360. The van der Waals surface area contributed by atoms with Gasteiger partial charge in [0.25, 0.3) is 0 Å². The van der Waals surface area contributed by atoms with E-state index in [1.165, 1.54) is 32.1 Å². The van der Waals surface area contributed by atoms with Crippen LogP contribution in [0.2, 0.25) is 0 Å². The Hall–Kier alpha value is -0.0301. The van der Waals surface area contributed by atoms with Crippen LogP contribution in [0.5, 0.6) is 0 Å². The van der Waals surface area contributed by atoms with E-state index in [1.54, 1.807) is 0 Å². The molecular weight excluding hydrogens is 290 g/mol. The number of hydrogen-bond donors (Lipinski definition) is 0. The van der Waals surface area contributed by atoms with Crippen molar-refractivity contribution in [1.82, 2.24) is 0 Å². The summed E-state index contributed by atoms with van der Waals surface area (Å²) >= 11 is 0. The van der Waals surface area contributed by atoms with Gasteiger partial charge in [-0.3, -0.25) is 0 Å². The van der Waals surface area contributed by atoms with Crippen molar-refractivity contribution < 1.29 is 18.6 Å². The highest BCUT2D eigenvalue weighted by Gasteiger charge is 2.63. The molecule has 3 aliphatic rings.